The molecule has 0 bridgehead atoms. The van der Waals surface area contributed by atoms with Crippen molar-refractivity contribution in [2.75, 3.05) is 12.4 Å². The van der Waals surface area contributed by atoms with E-state index in [4.69, 9.17) is 9.47 Å². The number of halogens is 1. The summed E-state index contributed by atoms with van der Waals surface area (Å²) in [6.07, 6.45) is 0. The second kappa shape index (κ2) is 9.98. The highest BCUT2D eigenvalue weighted by molar-refractivity contribution is 7.92. The molecule has 0 saturated heterocycles. The summed E-state index contributed by atoms with van der Waals surface area (Å²) in [5.41, 5.74) is 1.25. The largest absolute Gasteiger partial charge is 0.497 e. The van der Waals surface area contributed by atoms with E-state index in [1.54, 1.807) is 36.4 Å². The van der Waals surface area contributed by atoms with E-state index in [-0.39, 0.29) is 15.3 Å². The smallest absolute Gasteiger partial charge is 0.300 e. The van der Waals surface area contributed by atoms with E-state index in [0.29, 0.717) is 28.3 Å². The molecule has 0 atom stereocenters. The number of hydrogen-bond donors (Lipinski definition) is 1. The topological polar surface area (TPSA) is 107 Å². The predicted molar refractivity (Wildman–Crippen MR) is 125 cm³/mol. The van der Waals surface area contributed by atoms with Crippen molar-refractivity contribution in [3.8, 4) is 16.7 Å². The number of benzene rings is 3. The Morgan fingerprint density at radius 2 is 1.71 bits per heavy atom. The minimum absolute atomic E-state index is 0.0830. The maximum Gasteiger partial charge on any atom is 0.300 e. The molecule has 4 aromatic rings. The number of carbonyl (C=O) groups is 1. The highest BCUT2D eigenvalue weighted by atomic mass is 32.2. The van der Waals surface area contributed by atoms with Crippen molar-refractivity contribution in [2.24, 2.45) is 0 Å². The van der Waals surface area contributed by atoms with Crippen LogP contribution in [0.25, 0.3) is 0 Å². The van der Waals surface area contributed by atoms with Gasteiger partial charge in [-0.25, -0.2) is 12.8 Å². The Morgan fingerprint density at radius 1 is 1.00 bits per heavy atom. The molecule has 11 heteroatoms. The normalized spacial score (nSPS) is 11.1. The molecular weight excluding hydrogens is 481 g/mol. The molecule has 1 aromatic heterocycles. The molecule has 3 aromatic carbocycles. The molecule has 0 spiro atoms. The van der Waals surface area contributed by atoms with Gasteiger partial charge in [0.05, 0.1) is 12.9 Å². The zero-order chi connectivity index (χ0) is 24.1. The average molecular weight is 500 g/mol. The molecular formula is C23H18FN3O5S2. The lowest BCUT2D eigenvalue weighted by Gasteiger charge is -2.06. The number of nitrogens with zero attached hydrogens (tertiary/aromatic N) is 2. The van der Waals surface area contributed by atoms with E-state index in [1.807, 2.05) is 0 Å². The van der Waals surface area contributed by atoms with Gasteiger partial charge in [0, 0.05) is 17.3 Å². The molecule has 0 fully saturated rings. The van der Waals surface area contributed by atoms with Gasteiger partial charge in [0.2, 0.25) is 14.2 Å². The fourth-order valence-corrected chi connectivity index (χ4v) is 5.17. The van der Waals surface area contributed by atoms with Gasteiger partial charge in [0.15, 0.2) is 0 Å². The second-order valence-corrected chi connectivity index (χ2v) is 10.1. The first-order chi connectivity index (χ1) is 16.3. The summed E-state index contributed by atoms with van der Waals surface area (Å²) in [4.78, 5) is 12.3. The molecule has 4 rings (SSSR count). The van der Waals surface area contributed by atoms with Crippen LogP contribution in [-0.2, 0) is 15.6 Å². The minimum Gasteiger partial charge on any atom is -0.497 e. The Hall–Kier alpha value is -3.83. The van der Waals surface area contributed by atoms with Crippen LogP contribution in [0.4, 0.5) is 10.1 Å². The molecule has 0 saturated carbocycles. The summed E-state index contributed by atoms with van der Waals surface area (Å²) in [7, 11) is -2.25. The third-order valence-corrected chi connectivity index (χ3v) is 7.51. The Morgan fingerprint density at radius 3 is 2.41 bits per heavy atom. The first kappa shape index (κ1) is 23.3. The molecule has 34 heavy (non-hydrogen) atoms. The number of amides is 1. The fourth-order valence-electron chi connectivity index (χ4n) is 2.90. The standard InChI is InChI=1S/C23H18FN3O5S2/c1-31-19-3-2-4-20(13-19)32-22-26-27-23(33-22)34(29,30)14-15-5-7-16(8-6-15)21(28)25-18-11-9-17(24)10-12-18/h2-13H,14H2,1H3,(H,25,28). The van der Waals surface area contributed by atoms with Crippen LogP contribution in [-0.4, -0.2) is 31.6 Å². The maximum absolute atomic E-state index is 13.0. The number of anilines is 1. The van der Waals surface area contributed by atoms with Crippen molar-refractivity contribution >= 4 is 32.8 Å². The van der Waals surface area contributed by atoms with Crippen molar-refractivity contribution in [2.45, 2.75) is 10.1 Å². The Kier molecular flexibility index (Phi) is 6.85. The average Bonchev–Trinajstić information content (AvgIpc) is 3.30. The molecule has 0 aliphatic rings. The number of ether oxygens (including phenoxy) is 2. The van der Waals surface area contributed by atoms with Crippen LogP contribution in [0.2, 0.25) is 0 Å². The first-order valence-corrected chi connectivity index (χ1v) is 12.3. The highest BCUT2D eigenvalue weighted by Gasteiger charge is 2.22. The molecule has 0 aliphatic carbocycles. The molecule has 0 unspecified atom stereocenters. The van der Waals surface area contributed by atoms with E-state index in [9.17, 15) is 17.6 Å². The van der Waals surface area contributed by atoms with Crippen molar-refractivity contribution in [1.29, 1.82) is 0 Å². The van der Waals surface area contributed by atoms with E-state index in [1.165, 1.54) is 43.5 Å². The van der Waals surface area contributed by atoms with E-state index in [2.05, 4.69) is 15.5 Å². The van der Waals surface area contributed by atoms with Gasteiger partial charge in [-0.2, -0.15) is 0 Å². The summed E-state index contributed by atoms with van der Waals surface area (Å²) >= 11 is 0.814. The maximum atomic E-state index is 13.0. The quantitative estimate of drug-likeness (QED) is 0.374. The zero-order valence-electron chi connectivity index (χ0n) is 17.8. The Balaban J connectivity index is 1.41. The SMILES string of the molecule is COc1cccc(Oc2nnc(S(=O)(=O)Cc3ccc(C(=O)Nc4ccc(F)cc4)cc3)s2)c1. The Bertz CT molecular complexity index is 1410. The van der Waals surface area contributed by atoms with E-state index >= 15 is 0 Å². The molecule has 8 nitrogen and oxygen atoms in total. The number of nitrogens with one attached hydrogen (secondary N) is 1. The van der Waals surface area contributed by atoms with E-state index in [0.717, 1.165) is 11.3 Å². The van der Waals surface area contributed by atoms with Crippen LogP contribution in [0.5, 0.6) is 16.7 Å². The summed E-state index contributed by atoms with van der Waals surface area (Å²) in [6.45, 7) is 0. The van der Waals surface area contributed by atoms with Crippen LogP contribution >= 0.6 is 11.3 Å². The third-order valence-electron chi connectivity index (χ3n) is 4.58. The number of rotatable bonds is 8. The van der Waals surface area contributed by atoms with Crippen LogP contribution < -0.4 is 14.8 Å². The lowest BCUT2D eigenvalue weighted by molar-refractivity contribution is 0.102. The first-order valence-electron chi connectivity index (χ1n) is 9.86. The summed E-state index contributed by atoms with van der Waals surface area (Å²) in [5.74, 6) is -0.0956. The molecule has 0 radical (unpaired) electrons. The third kappa shape index (κ3) is 5.74. The predicted octanol–water partition coefficient (Wildman–Crippen LogP) is 4.70. The van der Waals surface area contributed by atoms with Crippen molar-refractivity contribution in [3.05, 3.63) is 89.7 Å². The monoisotopic (exact) mass is 499 g/mol. The van der Waals surface area contributed by atoms with Crippen molar-refractivity contribution in [1.82, 2.24) is 10.2 Å². The second-order valence-electron chi connectivity index (χ2n) is 7.03. The number of methoxy groups -OCH3 is 1. The van der Waals surface area contributed by atoms with Crippen LogP contribution in [0.15, 0.2) is 77.1 Å². The van der Waals surface area contributed by atoms with Gasteiger partial charge in [-0.05, 0) is 65.4 Å². The fraction of sp³-hybridized carbons (Fsp3) is 0.0870. The molecule has 1 N–H and O–H groups in total. The molecule has 1 heterocycles. The molecule has 0 aliphatic heterocycles. The number of aromatic nitrogens is 2. The van der Waals surface area contributed by atoms with Gasteiger partial charge >= 0.3 is 5.19 Å². The highest BCUT2D eigenvalue weighted by Crippen LogP contribution is 2.30. The Labute approximate surface area is 198 Å². The molecule has 1 amide bonds. The lowest BCUT2D eigenvalue weighted by atomic mass is 10.1. The van der Waals surface area contributed by atoms with Crippen LogP contribution in [0.1, 0.15) is 15.9 Å². The minimum atomic E-state index is -3.78. The van der Waals surface area contributed by atoms with Crippen molar-refractivity contribution in [3.63, 3.8) is 0 Å². The van der Waals surface area contributed by atoms with Gasteiger partial charge in [0.25, 0.3) is 5.91 Å². The summed E-state index contributed by atoms with van der Waals surface area (Å²) < 4.78 is 49.1. The van der Waals surface area contributed by atoms with Crippen molar-refractivity contribution < 1.29 is 27.1 Å². The van der Waals surface area contributed by atoms with Gasteiger partial charge < -0.3 is 14.8 Å². The van der Waals surface area contributed by atoms with Gasteiger partial charge in [-0.3, -0.25) is 4.79 Å². The van der Waals surface area contributed by atoms with E-state index < -0.39 is 21.6 Å². The number of sulfone groups is 1. The van der Waals surface area contributed by atoms with Gasteiger partial charge in [-0.1, -0.05) is 23.3 Å². The van der Waals surface area contributed by atoms with Gasteiger partial charge in [0.1, 0.15) is 17.3 Å². The number of carbonyl (C=O) groups excluding carboxylic acids is 1. The molecule has 174 valence electrons. The number of hydrogen-bond acceptors (Lipinski definition) is 8. The zero-order valence-corrected chi connectivity index (χ0v) is 19.4. The lowest BCUT2D eigenvalue weighted by Crippen LogP contribution is -2.12. The summed E-state index contributed by atoms with van der Waals surface area (Å²) in [5, 5.41) is 10.3. The van der Waals surface area contributed by atoms with Crippen LogP contribution in [0.3, 0.4) is 0 Å². The van der Waals surface area contributed by atoms with Crippen LogP contribution in [0, 0.1) is 5.82 Å². The van der Waals surface area contributed by atoms with Gasteiger partial charge in [-0.15, -0.1) is 5.10 Å². The summed E-state index contributed by atoms with van der Waals surface area (Å²) in [6, 6.07) is 18.3.